The zero-order chi connectivity index (χ0) is 21.8. The molecule has 8 heteroatoms. The maximum absolute atomic E-state index is 12.6. The Morgan fingerprint density at radius 3 is 2.50 bits per heavy atom. The Morgan fingerprint density at radius 2 is 1.87 bits per heavy atom. The van der Waals surface area contributed by atoms with Gasteiger partial charge in [-0.25, -0.2) is 4.79 Å². The summed E-state index contributed by atoms with van der Waals surface area (Å²) in [6, 6.07) is 11.1. The van der Waals surface area contributed by atoms with Gasteiger partial charge in [-0.3, -0.25) is 9.48 Å². The lowest BCUT2D eigenvalue weighted by Crippen LogP contribution is -2.14. The number of anilines is 1. The molecule has 0 saturated heterocycles. The van der Waals surface area contributed by atoms with Gasteiger partial charge in [-0.05, 0) is 42.7 Å². The van der Waals surface area contributed by atoms with Crippen LogP contribution in [0.1, 0.15) is 57.8 Å². The van der Waals surface area contributed by atoms with Crippen LogP contribution in [0, 0.1) is 6.92 Å². The van der Waals surface area contributed by atoms with Crippen LogP contribution in [0.25, 0.3) is 0 Å². The van der Waals surface area contributed by atoms with E-state index in [0.717, 1.165) is 5.75 Å². The standard InChI is InChI=1S/C22H25N3O5/c1-13(2)15-6-8-16(9-7-15)29-12-17-10-11-18(30-17)21(26)23-19-14(3)25(4)24-20(19)22(27)28-5/h6-11,13H,12H2,1-5H3,(H,23,26). The minimum atomic E-state index is -0.633. The van der Waals surface area contributed by atoms with Gasteiger partial charge in [0.15, 0.2) is 11.5 Å². The molecule has 0 aliphatic carbocycles. The van der Waals surface area contributed by atoms with E-state index in [2.05, 4.69) is 24.3 Å². The number of benzene rings is 1. The first-order chi connectivity index (χ1) is 14.3. The van der Waals surface area contributed by atoms with Crippen molar-refractivity contribution in [3.63, 3.8) is 0 Å². The molecule has 0 aliphatic heterocycles. The lowest BCUT2D eigenvalue weighted by atomic mass is 10.0. The SMILES string of the molecule is COC(=O)c1nn(C)c(C)c1NC(=O)c1ccc(COc2ccc(C(C)C)cc2)o1. The molecule has 0 atom stereocenters. The molecule has 3 rings (SSSR count). The number of methoxy groups -OCH3 is 1. The summed E-state index contributed by atoms with van der Waals surface area (Å²) < 4.78 is 17.5. The molecule has 1 N–H and O–H groups in total. The van der Waals surface area contributed by atoms with Crippen molar-refractivity contribution in [1.29, 1.82) is 0 Å². The second-order valence-electron chi connectivity index (χ2n) is 7.16. The van der Waals surface area contributed by atoms with Gasteiger partial charge in [0.2, 0.25) is 0 Å². The number of nitrogens with zero attached hydrogens (tertiary/aromatic N) is 2. The van der Waals surface area contributed by atoms with Crippen LogP contribution in [-0.4, -0.2) is 28.8 Å². The summed E-state index contributed by atoms with van der Waals surface area (Å²) in [4.78, 5) is 24.5. The molecule has 0 spiro atoms. The van der Waals surface area contributed by atoms with Crippen molar-refractivity contribution in [2.24, 2.45) is 7.05 Å². The highest BCUT2D eigenvalue weighted by Crippen LogP contribution is 2.23. The van der Waals surface area contributed by atoms with E-state index in [1.54, 1.807) is 26.1 Å². The number of hydrogen-bond donors (Lipinski definition) is 1. The van der Waals surface area contributed by atoms with Crippen molar-refractivity contribution < 1.29 is 23.5 Å². The summed E-state index contributed by atoms with van der Waals surface area (Å²) in [5.74, 6) is 0.644. The molecule has 3 aromatic rings. The number of esters is 1. The minimum Gasteiger partial charge on any atom is -0.486 e. The highest BCUT2D eigenvalue weighted by atomic mass is 16.5. The molecule has 8 nitrogen and oxygen atoms in total. The third kappa shape index (κ3) is 4.53. The first kappa shape index (κ1) is 21.2. The number of ether oxygens (including phenoxy) is 2. The van der Waals surface area contributed by atoms with Crippen LogP contribution < -0.4 is 10.1 Å². The van der Waals surface area contributed by atoms with E-state index in [1.165, 1.54) is 17.4 Å². The highest BCUT2D eigenvalue weighted by Gasteiger charge is 2.23. The first-order valence-electron chi connectivity index (χ1n) is 9.55. The van der Waals surface area contributed by atoms with Crippen molar-refractivity contribution in [2.45, 2.75) is 33.3 Å². The number of nitrogens with one attached hydrogen (secondary N) is 1. The summed E-state index contributed by atoms with van der Waals surface area (Å²) in [5, 5.41) is 6.77. The van der Waals surface area contributed by atoms with Gasteiger partial charge in [-0.2, -0.15) is 5.10 Å². The molecular formula is C22H25N3O5. The van der Waals surface area contributed by atoms with E-state index in [4.69, 9.17) is 13.9 Å². The molecule has 2 aromatic heterocycles. The van der Waals surface area contributed by atoms with E-state index in [9.17, 15) is 9.59 Å². The molecular weight excluding hydrogens is 386 g/mol. The van der Waals surface area contributed by atoms with Crippen LogP contribution >= 0.6 is 0 Å². The molecule has 30 heavy (non-hydrogen) atoms. The van der Waals surface area contributed by atoms with E-state index < -0.39 is 11.9 Å². The number of rotatable bonds is 7. The second-order valence-corrected chi connectivity index (χ2v) is 7.16. The number of carbonyl (C=O) groups excluding carboxylic acids is 2. The van der Waals surface area contributed by atoms with E-state index in [0.29, 0.717) is 17.4 Å². The fourth-order valence-electron chi connectivity index (χ4n) is 2.85. The van der Waals surface area contributed by atoms with Gasteiger partial charge in [0.25, 0.3) is 5.91 Å². The van der Waals surface area contributed by atoms with Gasteiger partial charge >= 0.3 is 5.97 Å². The van der Waals surface area contributed by atoms with E-state index >= 15 is 0 Å². The van der Waals surface area contributed by atoms with Crippen LogP contribution in [0.15, 0.2) is 40.8 Å². The van der Waals surface area contributed by atoms with Crippen LogP contribution in [0.2, 0.25) is 0 Å². The average Bonchev–Trinajstić information content (AvgIpc) is 3.32. The maximum atomic E-state index is 12.6. The lowest BCUT2D eigenvalue weighted by Gasteiger charge is -2.08. The Balaban J connectivity index is 1.66. The fourth-order valence-corrected chi connectivity index (χ4v) is 2.85. The number of aryl methyl sites for hydroxylation is 1. The summed E-state index contributed by atoms with van der Waals surface area (Å²) in [6.45, 7) is 6.19. The molecule has 1 aromatic carbocycles. The molecule has 158 valence electrons. The Kier molecular flexibility index (Phi) is 6.25. The van der Waals surface area contributed by atoms with Crippen molar-refractivity contribution in [1.82, 2.24) is 9.78 Å². The Labute approximate surface area is 174 Å². The maximum Gasteiger partial charge on any atom is 0.360 e. The fraction of sp³-hybridized carbons (Fsp3) is 0.318. The largest absolute Gasteiger partial charge is 0.486 e. The van der Waals surface area contributed by atoms with Gasteiger partial charge < -0.3 is 19.2 Å². The Bertz CT molecular complexity index is 1050. The third-order valence-corrected chi connectivity index (χ3v) is 4.76. The summed E-state index contributed by atoms with van der Waals surface area (Å²) >= 11 is 0. The van der Waals surface area contributed by atoms with Crippen molar-refractivity contribution in [2.75, 3.05) is 12.4 Å². The molecule has 0 aliphatic rings. The number of carbonyl (C=O) groups is 2. The highest BCUT2D eigenvalue weighted by molar-refractivity contribution is 6.06. The molecule has 0 bridgehead atoms. The lowest BCUT2D eigenvalue weighted by molar-refractivity contribution is 0.0594. The molecule has 0 radical (unpaired) electrons. The Hall–Kier alpha value is -3.55. The number of furan rings is 1. The molecule has 0 saturated carbocycles. The predicted octanol–water partition coefficient (Wildman–Crippen LogP) is 4.06. The quantitative estimate of drug-likeness (QED) is 0.589. The molecule has 2 heterocycles. The van der Waals surface area contributed by atoms with Gasteiger partial charge in [-0.15, -0.1) is 0 Å². The smallest absolute Gasteiger partial charge is 0.360 e. The Morgan fingerprint density at radius 1 is 1.17 bits per heavy atom. The zero-order valence-electron chi connectivity index (χ0n) is 17.7. The van der Waals surface area contributed by atoms with Gasteiger partial charge in [0, 0.05) is 7.05 Å². The number of aromatic nitrogens is 2. The summed E-state index contributed by atoms with van der Waals surface area (Å²) in [6.07, 6.45) is 0. The number of amides is 1. The van der Waals surface area contributed by atoms with Gasteiger partial charge in [-0.1, -0.05) is 26.0 Å². The van der Waals surface area contributed by atoms with Crippen LogP contribution in [0.5, 0.6) is 5.75 Å². The molecule has 1 amide bonds. The monoisotopic (exact) mass is 411 g/mol. The van der Waals surface area contributed by atoms with Gasteiger partial charge in [0.05, 0.1) is 18.5 Å². The van der Waals surface area contributed by atoms with E-state index in [-0.39, 0.29) is 23.7 Å². The average molecular weight is 411 g/mol. The van der Waals surface area contributed by atoms with Crippen LogP contribution in [0.3, 0.4) is 0 Å². The topological polar surface area (TPSA) is 95.6 Å². The van der Waals surface area contributed by atoms with Crippen molar-refractivity contribution >= 4 is 17.6 Å². The second kappa shape index (κ2) is 8.86. The predicted molar refractivity (Wildman–Crippen MR) is 111 cm³/mol. The van der Waals surface area contributed by atoms with Crippen LogP contribution in [-0.2, 0) is 18.4 Å². The normalized spacial score (nSPS) is 10.9. The first-order valence-corrected chi connectivity index (χ1v) is 9.55. The third-order valence-electron chi connectivity index (χ3n) is 4.76. The summed E-state index contributed by atoms with van der Waals surface area (Å²) in [5.41, 5.74) is 2.17. The molecule has 0 unspecified atom stereocenters. The minimum absolute atomic E-state index is 0.0332. The summed E-state index contributed by atoms with van der Waals surface area (Å²) in [7, 11) is 2.93. The molecule has 0 fully saturated rings. The van der Waals surface area contributed by atoms with Gasteiger partial charge in [0.1, 0.15) is 18.1 Å². The van der Waals surface area contributed by atoms with Crippen molar-refractivity contribution in [3.05, 3.63) is 64.9 Å². The number of hydrogen-bond acceptors (Lipinski definition) is 6. The zero-order valence-corrected chi connectivity index (χ0v) is 17.7. The van der Waals surface area contributed by atoms with Crippen LogP contribution in [0.4, 0.5) is 5.69 Å². The van der Waals surface area contributed by atoms with E-state index in [1.807, 2.05) is 24.3 Å². The van der Waals surface area contributed by atoms with Crippen molar-refractivity contribution in [3.8, 4) is 5.75 Å².